The minimum absolute atomic E-state index is 0.0700. The van der Waals surface area contributed by atoms with Crippen LogP contribution < -0.4 is 15.5 Å². The maximum absolute atomic E-state index is 15.1. The minimum Gasteiger partial charge on any atom is -0.493 e. The number of methoxy groups -OCH3 is 1. The number of carbonyl (C=O) groups excluding carboxylic acids is 1. The van der Waals surface area contributed by atoms with Crippen molar-refractivity contribution in [2.75, 3.05) is 7.11 Å². The molecule has 0 unspecified atom stereocenters. The molecular weight excluding hydrogens is 360 g/mol. The molecule has 2 aromatic carbocycles. The highest BCUT2D eigenvalue weighted by molar-refractivity contribution is 6.62. The number of benzene rings is 2. The number of hydrogen-bond acceptors (Lipinski definition) is 4. The average Bonchev–Trinajstić information content (AvgIpc) is 2.87. The van der Waals surface area contributed by atoms with E-state index in [1.54, 1.807) is 36.4 Å². The number of hydrogen-bond donors (Lipinski definition) is 1. The van der Waals surface area contributed by atoms with Crippen LogP contribution in [0.2, 0.25) is 0 Å². The highest BCUT2D eigenvalue weighted by Gasteiger charge is 2.52. The van der Waals surface area contributed by atoms with Gasteiger partial charge in [-0.2, -0.15) is 0 Å². The van der Waals surface area contributed by atoms with E-state index in [2.05, 4.69) is 5.32 Å². The number of carbonyl (C=O) groups is 1. The standard InChI is InChI=1S/C21H25BFNO4/c1-20(2)21(3,4)28-22(27-20)16-12-11-15(18(26-5)17(16)23)13-24-19(25)14-9-7-6-8-10-14/h6-12H,13H2,1-5H3,(H,24,25). The second-order valence-corrected chi connectivity index (χ2v) is 7.80. The summed E-state index contributed by atoms with van der Waals surface area (Å²) in [7, 11) is 0.571. The Kier molecular flexibility index (Phi) is 5.50. The molecule has 0 atom stereocenters. The van der Waals surface area contributed by atoms with Crippen molar-refractivity contribution in [1.82, 2.24) is 5.32 Å². The Balaban J connectivity index is 1.80. The average molecular weight is 385 g/mol. The Hall–Kier alpha value is -2.38. The fraction of sp³-hybridized carbons (Fsp3) is 0.381. The molecule has 0 bridgehead atoms. The molecule has 5 nitrogen and oxygen atoms in total. The van der Waals surface area contributed by atoms with E-state index in [0.29, 0.717) is 11.1 Å². The Morgan fingerprint density at radius 3 is 2.25 bits per heavy atom. The summed E-state index contributed by atoms with van der Waals surface area (Å²) < 4.78 is 32.3. The molecular formula is C21H25BFNO4. The van der Waals surface area contributed by atoms with Crippen LogP contribution in [0.4, 0.5) is 4.39 Å². The predicted molar refractivity (Wildman–Crippen MR) is 106 cm³/mol. The van der Waals surface area contributed by atoms with Crippen LogP contribution in [-0.4, -0.2) is 31.3 Å². The van der Waals surface area contributed by atoms with Crippen molar-refractivity contribution in [2.45, 2.75) is 45.4 Å². The van der Waals surface area contributed by atoms with E-state index in [1.165, 1.54) is 7.11 Å². The van der Waals surface area contributed by atoms with Crippen LogP contribution in [0, 0.1) is 5.82 Å². The first-order valence-electron chi connectivity index (χ1n) is 9.20. The van der Waals surface area contributed by atoms with Crippen LogP contribution in [0.3, 0.4) is 0 Å². The topological polar surface area (TPSA) is 56.8 Å². The Bertz CT molecular complexity index is 854. The molecule has 3 rings (SSSR count). The van der Waals surface area contributed by atoms with E-state index in [4.69, 9.17) is 14.0 Å². The van der Waals surface area contributed by atoms with Crippen LogP contribution in [0.25, 0.3) is 0 Å². The lowest BCUT2D eigenvalue weighted by atomic mass is 9.78. The second-order valence-electron chi connectivity index (χ2n) is 7.80. The summed E-state index contributed by atoms with van der Waals surface area (Å²) in [5.41, 5.74) is 0.202. The lowest BCUT2D eigenvalue weighted by molar-refractivity contribution is 0.00578. The molecule has 1 N–H and O–H groups in total. The molecule has 2 aromatic rings. The largest absolute Gasteiger partial charge is 0.497 e. The van der Waals surface area contributed by atoms with Crippen molar-refractivity contribution in [3.05, 3.63) is 59.4 Å². The summed E-state index contributed by atoms with van der Waals surface area (Å²) in [5.74, 6) is -0.717. The fourth-order valence-electron chi connectivity index (χ4n) is 2.99. The minimum atomic E-state index is -0.827. The van der Waals surface area contributed by atoms with Gasteiger partial charge in [0.15, 0.2) is 11.6 Å². The van der Waals surface area contributed by atoms with Gasteiger partial charge < -0.3 is 19.4 Å². The number of ether oxygens (including phenoxy) is 1. The third-order valence-corrected chi connectivity index (χ3v) is 5.40. The highest BCUT2D eigenvalue weighted by atomic mass is 19.1. The van der Waals surface area contributed by atoms with E-state index in [1.807, 2.05) is 33.8 Å². The van der Waals surface area contributed by atoms with Gasteiger partial charge >= 0.3 is 7.12 Å². The van der Waals surface area contributed by atoms with E-state index >= 15 is 4.39 Å². The summed E-state index contributed by atoms with van der Waals surface area (Å²) in [5, 5.41) is 2.78. The molecule has 1 aliphatic rings. The van der Waals surface area contributed by atoms with Crippen LogP contribution in [0.5, 0.6) is 5.75 Å². The lowest BCUT2D eigenvalue weighted by Crippen LogP contribution is -2.41. The molecule has 0 saturated carbocycles. The number of amides is 1. The molecule has 0 spiro atoms. The Labute approximate surface area is 165 Å². The summed E-state index contributed by atoms with van der Waals surface area (Å²) in [4.78, 5) is 12.2. The maximum atomic E-state index is 15.1. The monoisotopic (exact) mass is 385 g/mol. The van der Waals surface area contributed by atoms with Gasteiger partial charge in [0.2, 0.25) is 0 Å². The molecule has 0 aromatic heterocycles. The van der Waals surface area contributed by atoms with Crippen LogP contribution >= 0.6 is 0 Å². The zero-order valence-electron chi connectivity index (χ0n) is 16.8. The molecule has 0 aliphatic carbocycles. The fourth-order valence-corrected chi connectivity index (χ4v) is 2.99. The van der Waals surface area contributed by atoms with Gasteiger partial charge in [-0.05, 0) is 39.8 Å². The smallest absolute Gasteiger partial charge is 0.493 e. The number of rotatable bonds is 5. The normalized spacial score (nSPS) is 17.4. The molecule has 1 aliphatic heterocycles. The van der Waals surface area contributed by atoms with Crippen LogP contribution in [0.15, 0.2) is 42.5 Å². The van der Waals surface area contributed by atoms with Crippen molar-refractivity contribution in [3.63, 3.8) is 0 Å². The van der Waals surface area contributed by atoms with E-state index in [0.717, 1.165) is 0 Å². The van der Waals surface area contributed by atoms with Crippen molar-refractivity contribution >= 4 is 18.5 Å². The molecule has 0 radical (unpaired) electrons. The van der Waals surface area contributed by atoms with Crippen molar-refractivity contribution in [2.24, 2.45) is 0 Å². The third-order valence-electron chi connectivity index (χ3n) is 5.40. The van der Waals surface area contributed by atoms with Crippen molar-refractivity contribution in [3.8, 4) is 5.75 Å². The number of halogens is 1. The lowest BCUT2D eigenvalue weighted by Gasteiger charge is -2.32. The molecule has 1 heterocycles. The first-order chi connectivity index (χ1) is 13.2. The zero-order chi connectivity index (χ0) is 20.5. The SMILES string of the molecule is COc1c(CNC(=O)c2ccccc2)ccc(B2OC(C)(C)C(C)(C)O2)c1F. The van der Waals surface area contributed by atoms with Crippen molar-refractivity contribution < 1.29 is 23.2 Å². The quantitative estimate of drug-likeness (QED) is 0.804. The number of nitrogens with one attached hydrogen (secondary N) is 1. The first kappa shape index (κ1) is 20.4. The van der Waals surface area contributed by atoms with Gasteiger partial charge in [0.1, 0.15) is 0 Å². The molecule has 148 valence electrons. The van der Waals surface area contributed by atoms with Gasteiger partial charge in [-0.3, -0.25) is 4.79 Å². The summed E-state index contributed by atoms with van der Waals surface area (Å²) in [6.07, 6.45) is 0. The van der Waals surface area contributed by atoms with Gasteiger partial charge in [0, 0.05) is 23.1 Å². The van der Waals surface area contributed by atoms with Gasteiger partial charge in [0.25, 0.3) is 5.91 Å². The molecule has 7 heteroatoms. The summed E-state index contributed by atoms with van der Waals surface area (Å²) in [6.45, 7) is 7.79. The Morgan fingerprint density at radius 2 is 1.68 bits per heavy atom. The predicted octanol–water partition coefficient (Wildman–Crippen LogP) is 3.06. The highest BCUT2D eigenvalue weighted by Crippen LogP contribution is 2.37. The van der Waals surface area contributed by atoms with Crippen LogP contribution in [0.1, 0.15) is 43.6 Å². The molecule has 1 amide bonds. The summed E-state index contributed by atoms with van der Waals surface area (Å²) in [6, 6.07) is 12.2. The van der Waals surface area contributed by atoms with Gasteiger partial charge in [0.05, 0.1) is 18.3 Å². The van der Waals surface area contributed by atoms with E-state index in [9.17, 15) is 4.79 Å². The van der Waals surface area contributed by atoms with Gasteiger partial charge in [-0.1, -0.05) is 30.3 Å². The van der Waals surface area contributed by atoms with Gasteiger partial charge in [-0.25, -0.2) is 4.39 Å². The third kappa shape index (κ3) is 3.77. The zero-order valence-corrected chi connectivity index (χ0v) is 16.8. The molecule has 1 saturated heterocycles. The summed E-state index contributed by atoms with van der Waals surface area (Å²) >= 11 is 0. The Morgan fingerprint density at radius 1 is 1.07 bits per heavy atom. The molecule has 1 fully saturated rings. The van der Waals surface area contributed by atoms with Gasteiger partial charge in [-0.15, -0.1) is 0 Å². The maximum Gasteiger partial charge on any atom is 0.497 e. The molecule has 28 heavy (non-hydrogen) atoms. The van der Waals surface area contributed by atoms with Crippen LogP contribution in [-0.2, 0) is 15.9 Å². The second kappa shape index (κ2) is 7.56. The first-order valence-corrected chi connectivity index (χ1v) is 9.20. The van der Waals surface area contributed by atoms with E-state index < -0.39 is 24.1 Å². The van der Waals surface area contributed by atoms with Crippen molar-refractivity contribution in [1.29, 1.82) is 0 Å². The van der Waals surface area contributed by atoms with E-state index in [-0.39, 0.29) is 23.7 Å².